The number of hydrogen-bond acceptors (Lipinski definition) is 4. The molecule has 4 nitrogen and oxygen atoms in total. The average Bonchev–Trinajstić information content (AvgIpc) is 3.02. The van der Waals surface area contributed by atoms with Crippen LogP contribution >= 0.6 is 0 Å². The Kier molecular flexibility index (Phi) is 16.2. The third-order valence-electron chi connectivity index (χ3n) is 11.7. The summed E-state index contributed by atoms with van der Waals surface area (Å²) in [4.78, 5) is 10.3. The Bertz CT molecular complexity index is 1250. The maximum Gasteiger partial charge on any atom is 0.128 e. The van der Waals surface area contributed by atoms with E-state index in [4.69, 9.17) is 9.98 Å². The van der Waals surface area contributed by atoms with Gasteiger partial charge in [-0.15, -0.1) is 0 Å². The second-order valence-corrected chi connectivity index (χ2v) is 16.1. The zero-order valence-electron chi connectivity index (χ0n) is 32.8. The number of aliphatic imine (C=N–C) groups is 2. The molecule has 0 saturated heterocycles. The minimum atomic E-state index is -0.0566. The molecule has 0 aromatic heterocycles. The fraction of sp³-hybridized carbons (Fsp3) is 0.651. The molecular formula is C43H69CoN2O2-. The van der Waals surface area contributed by atoms with Gasteiger partial charge in [0.1, 0.15) is 11.5 Å². The largest absolute Gasteiger partial charge is 0.507 e. The van der Waals surface area contributed by atoms with Gasteiger partial charge in [0.25, 0.3) is 0 Å². The third kappa shape index (κ3) is 9.36. The maximum absolute atomic E-state index is 11.7. The number of phenolic OH excluding ortho intramolecular Hbond substituents is 2. The monoisotopic (exact) mass is 704 g/mol. The molecule has 48 heavy (non-hydrogen) atoms. The van der Waals surface area contributed by atoms with Crippen molar-refractivity contribution in [2.45, 2.75) is 181 Å². The molecular weight excluding hydrogens is 635 g/mol. The van der Waals surface area contributed by atoms with Crippen LogP contribution in [0.25, 0.3) is 0 Å². The van der Waals surface area contributed by atoms with Crippen LogP contribution < -0.4 is 0 Å². The number of phenols is 2. The number of benzene rings is 2. The minimum Gasteiger partial charge on any atom is -0.507 e. The van der Waals surface area contributed by atoms with Crippen molar-refractivity contribution in [3.05, 3.63) is 65.1 Å². The Balaban J connectivity index is 0.00000576. The fourth-order valence-corrected chi connectivity index (χ4v) is 7.62. The van der Waals surface area contributed by atoms with Crippen molar-refractivity contribution in [3.63, 3.8) is 0 Å². The second kappa shape index (κ2) is 17.7. The molecule has 273 valence electrons. The summed E-state index contributed by atoms with van der Waals surface area (Å²) in [5.74, 6) is 0.752. The van der Waals surface area contributed by atoms with Gasteiger partial charge in [-0.1, -0.05) is 108 Å². The van der Waals surface area contributed by atoms with Crippen LogP contribution in [0.3, 0.4) is 0 Å². The quantitative estimate of drug-likeness (QED) is 0.171. The SMILES string of the molecule is CCC(CC)(CC)c1cc(C(C)(C)C)cc(C=NC2CCCCC2N=Cc2cc(C(C)(C)C)cc(C(CC)(CC)CC)c2O)c1O.[CH3-].[Co]. The Morgan fingerprint density at radius 1 is 0.583 bits per heavy atom. The summed E-state index contributed by atoms with van der Waals surface area (Å²) < 4.78 is 0. The normalized spacial score (nSPS) is 17.8. The topological polar surface area (TPSA) is 65.2 Å². The summed E-state index contributed by atoms with van der Waals surface area (Å²) in [7, 11) is 0. The van der Waals surface area contributed by atoms with Gasteiger partial charge < -0.3 is 17.6 Å². The summed E-state index contributed by atoms with van der Waals surface area (Å²) in [5, 5.41) is 23.4. The van der Waals surface area contributed by atoms with Crippen molar-refractivity contribution in [2.75, 3.05) is 0 Å². The predicted octanol–water partition coefficient (Wildman–Crippen LogP) is 11.9. The second-order valence-electron chi connectivity index (χ2n) is 16.1. The summed E-state index contributed by atoms with van der Waals surface area (Å²) in [6, 6.07) is 8.82. The number of nitrogens with zero attached hydrogens (tertiary/aromatic N) is 2. The summed E-state index contributed by atoms with van der Waals surface area (Å²) in [6.07, 6.45) is 13.9. The number of aromatic hydroxyl groups is 2. The van der Waals surface area contributed by atoms with Crippen LogP contribution in [-0.4, -0.2) is 34.7 Å². The van der Waals surface area contributed by atoms with Crippen molar-refractivity contribution in [1.29, 1.82) is 0 Å². The van der Waals surface area contributed by atoms with Gasteiger partial charge in [-0.3, -0.25) is 9.98 Å². The molecule has 2 aromatic rings. The minimum absolute atomic E-state index is 0. The molecule has 2 aromatic carbocycles. The van der Waals surface area contributed by atoms with Crippen LogP contribution in [0.1, 0.15) is 181 Å². The summed E-state index contributed by atoms with van der Waals surface area (Å²) in [6.45, 7) is 26.8. The van der Waals surface area contributed by atoms with Crippen molar-refractivity contribution >= 4 is 12.4 Å². The van der Waals surface area contributed by atoms with Gasteiger partial charge in [0.15, 0.2) is 0 Å². The van der Waals surface area contributed by atoms with E-state index in [1.807, 2.05) is 12.4 Å². The molecule has 1 aliphatic carbocycles. The molecule has 1 fully saturated rings. The Morgan fingerprint density at radius 3 is 1.12 bits per heavy atom. The van der Waals surface area contributed by atoms with E-state index in [0.29, 0.717) is 11.5 Å². The molecule has 1 radical (unpaired) electrons. The molecule has 0 bridgehead atoms. The molecule has 0 heterocycles. The van der Waals surface area contributed by atoms with E-state index in [0.717, 1.165) is 86.5 Å². The Morgan fingerprint density at radius 2 is 0.875 bits per heavy atom. The smallest absolute Gasteiger partial charge is 0.128 e. The van der Waals surface area contributed by atoms with E-state index in [9.17, 15) is 10.2 Å². The zero-order valence-corrected chi connectivity index (χ0v) is 33.9. The Hall–Kier alpha value is -2.11. The van der Waals surface area contributed by atoms with E-state index in [-0.39, 0.29) is 57.9 Å². The molecule has 0 spiro atoms. The first kappa shape index (κ1) is 43.9. The molecule has 2 atom stereocenters. The van der Waals surface area contributed by atoms with Gasteiger partial charge in [0.05, 0.1) is 12.1 Å². The first-order chi connectivity index (χ1) is 21.6. The third-order valence-corrected chi connectivity index (χ3v) is 11.7. The van der Waals surface area contributed by atoms with Crippen LogP contribution in [0.5, 0.6) is 11.5 Å². The van der Waals surface area contributed by atoms with Crippen LogP contribution in [0.15, 0.2) is 34.3 Å². The van der Waals surface area contributed by atoms with Crippen LogP contribution in [0, 0.1) is 7.43 Å². The fourth-order valence-electron chi connectivity index (χ4n) is 7.62. The summed E-state index contributed by atoms with van der Waals surface area (Å²) >= 11 is 0. The van der Waals surface area contributed by atoms with Crippen LogP contribution in [0.4, 0.5) is 0 Å². The predicted molar refractivity (Wildman–Crippen MR) is 206 cm³/mol. The number of hydrogen-bond donors (Lipinski definition) is 2. The molecule has 0 amide bonds. The van der Waals surface area contributed by atoms with Gasteiger partial charge in [-0.05, 0) is 96.3 Å². The van der Waals surface area contributed by atoms with Gasteiger partial charge in [0.2, 0.25) is 0 Å². The van der Waals surface area contributed by atoms with E-state index < -0.39 is 0 Å². The molecule has 1 saturated carbocycles. The summed E-state index contributed by atoms with van der Waals surface area (Å²) in [5.41, 5.74) is 5.99. The molecule has 1 aliphatic rings. The van der Waals surface area contributed by atoms with Crippen LogP contribution in [-0.2, 0) is 38.4 Å². The van der Waals surface area contributed by atoms with Crippen molar-refractivity contribution in [2.24, 2.45) is 9.98 Å². The molecule has 3 rings (SSSR count). The average molecular weight is 705 g/mol. The van der Waals surface area contributed by atoms with E-state index in [2.05, 4.69) is 107 Å². The Labute approximate surface area is 306 Å². The standard InChI is InChI=1S/C42H66N2O2.CH3.Co/c1-13-41(14-2,15-3)33-25-31(39(7,8)9)23-29(37(33)45)27-43-35-21-19-20-22-36(35)44-28-30-24-32(40(10,11)12)26-34(38(30)46)42(16-4,17-5)18-6;;/h23-28,35-36,45-46H,13-22H2,1-12H3;1H3;/q;-1;. The van der Waals surface area contributed by atoms with E-state index >= 15 is 0 Å². The first-order valence-corrected chi connectivity index (χ1v) is 18.4. The van der Waals surface area contributed by atoms with Crippen LogP contribution in [0.2, 0.25) is 0 Å². The van der Waals surface area contributed by atoms with Gasteiger partial charge in [0, 0.05) is 51.5 Å². The number of rotatable bonds is 12. The van der Waals surface area contributed by atoms with E-state index in [1.54, 1.807) is 0 Å². The maximum atomic E-state index is 11.7. The molecule has 2 unspecified atom stereocenters. The molecule has 0 aliphatic heterocycles. The van der Waals surface area contributed by atoms with Crippen molar-refractivity contribution < 1.29 is 27.0 Å². The zero-order chi connectivity index (χ0) is 34.5. The van der Waals surface area contributed by atoms with Crippen molar-refractivity contribution in [1.82, 2.24) is 0 Å². The van der Waals surface area contributed by atoms with E-state index in [1.165, 1.54) is 11.1 Å². The first-order valence-electron chi connectivity index (χ1n) is 18.4. The van der Waals surface area contributed by atoms with Crippen molar-refractivity contribution in [3.8, 4) is 11.5 Å². The van der Waals surface area contributed by atoms with Gasteiger partial charge in [-0.25, -0.2) is 0 Å². The van der Waals surface area contributed by atoms with Gasteiger partial charge in [-0.2, -0.15) is 0 Å². The molecule has 5 heteroatoms. The molecule has 2 N–H and O–H groups in total. The van der Waals surface area contributed by atoms with Gasteiger partial charge >= 0.3 is 0 Å².